The number of halogens is 2. The van der Waals surface area contributed by atoms with Crippen molar-refractivity contribution in [3.8, 4) is 0 Å². The van der Waals surface area contributed by atoms with E-state index in [4.69, 9.17) is 14.2 Å². The third kappa shape index (κ3) is 6.14. The molecular weight excluding hydrogens is 516 g/mol. The second-order valence-corrected chi connectivity index (χ2v) is 14.5. The number of rotatable bonds is 8. The van der Waals surface area contributed by atoms with E-state index in [1.165, 1.54) is 30.3 Å². The lowest BCUT2D eigenvalue weighted by molar-refractivity contribution is -0.142. The SMILES string of the molecule is C[Si](C)(C)Nc1ccn([C@@H]2O[C@H](COC(=O)c3ccccc3)[C@@H](OC(=O)c3ccccc3)C2(F)F)c(=O)n1. The molecule has 38 heavy (non-hydrogen) atoms. The standard InChI is InChI=1S/C26H27F2N3O6Si/c1-38(2,3)30-20-14-15-31(25(34)29-20)24-26(27,28)21(37-23(33)18-12-8-5-9-13-18)19(36-24)16-35-22(32)17-10-6-4-7-11-17/h4-15,19,21,24H,16H2,1-3H3,(H,29,30,34)/t19-,21-,24-/m1/s1. The Morgan fingerprint density at radius 3 is 2.13 bits per heavy atom. The Labute approximate surface area is 218 Å². The van der Waals surface area contributed by atoms with E-state index in [9.17, 15) is 14.4 Å². The molecule has 0 radical (unpaired) electrons. The summed E-state index contributed by atoms with van der Waals surface area (Å²) in [6.45, 7) is 5.31. The van der Waals surface area contributed by atoms with Gasteiger partial charge in [0.1, 0.15) is 26.8 Å². The van der Waals surface area contributed by atoms with Gasteiger partial charge in [0.15, 0.2) is 6.10 Å². The topological polar surface area (TPSA) is 109 Å². The molecule has 9 nitrogen and oxygen atoms in total. The Morgan fingerprint density at radius 2 is 1.58 bits per heavy atom. The van der Waals surface area contributed by atoms with Gasteiger partial charge in [0.25, 0.3) is 0 Å². The lowest BCUT2D eigenvalue weighted by Crippen LogP contribution is -2.45. The van der Waals surface area contributed by atoms with Crippen LogP contribution in [-0.2, 0) is 14.2 Å². The summed E-state index contributed by atoms with van der Waals surface area (Å²) in [5, 5.41) is 0. The van der Waals surface area contributed by atoms with Gasteiger partial charge in [-0.3, -0.25) is 4.57 Å². The number of nitrogens with one attached hydrogen (secondary N) is 1. The first kappa shape index (κ1) is 27.1. The highest BCUT2D eigenvalue weighted by Crippen LogP contribution is 2.44. The zero-order valence-corrected chi connectivity index (χ0v) is 22.0. The molecule has 0 saturated carbocycles. The number of carbonyl (C=O) groups excluding carboxylic acids is 2. The van der Waals surface area contributed by atoms with Gasteiger partial charge < -0.3 is 19.2 Å². The Morgan fingerprint density at radius 1 is 1.00 bits per heavy atom. The van der Waals surface area contributed by atoms with E-state index >= 15 is 8.78 Å². The van der Waals surface area contributed by atoms with Crippen molar-refractivity contribution in [1.82, 2.24) is 9.55 Å². The fourth-order valence-corrected chi connectivity index (χ4v) is 4.77. The number of hydrogen-bond acceptors (Lipinski definition) is 8. The fourth-order valence-electron chi connectivity index (χ4n) is 3.87. The van der Waals surface area contributed by atoms with Gasteiger partial charge in [-0.25, -0.2) is 14.4 Å². The summed E-state index contributed by atoms with van der Waals surface area (Å²) in [4.78, 5) is 44.8. The maximum Gasteiger partial charge on any atom is 0.351 e. The van der Waals surface area contributed by atoms with Gasteiger partial charge in [0.2, 0.25) is 6.23 Å². The number of esters is 2. The molecular formula is C26H27F2N3O6Si. The van der Waals surface area contributed by atoms with Crippen molar-refractivity contribution >= 4 is 26.0 Å². The molecule has 12 heteroatoms. The molecule has 1 aliphatic heterocycles. The number of anilines is 1. The van der Waals surface area contributed by atoms with E-state index in [2.05, 4.69) is 9.97 Å². The number of benzene rings is 2. The first-order valence-corrected chi connectivity index (χ1v) is 15.3. The van der Waals surface area contributed by atoms with Crippen molar-refractivity contribution in [3.63, 3.8) is 0 Å². The molecule has 0 aliphatic carbocycles. The minimum absolute atomic E-state index is 0.0485. The highest BCUT2D eigenvalue weighted by molar-refractivity contribution is 6.79. The molecule has 2 aromatic carbocycles. The predicted molar refractivity (Wildman–Crippen MR) is 137 cm³/mol. The second kappa shape index (κ2) is 10.8. The third-order valence-electron chi connectivity index (χ3n) is 5.57. The summed E-state index contributed by atoms with van der Waals surface area (Å²) in [5.74, 6) is -5.39. The number of aromatic nitrogens is 2. The van der Waals surface area contributed by atoms with Crippen molar-refractivity contribution in [3.05, 3.63) is 94.5 Å². The fraction of sp³-hybridized carbons (Fsp3) is 0.308. The molecule has 0 unspecified atom stereocenters. The molecule has 1 fully saturated rings. The normalized spacial score (nSPS) is 20.5. The Balaban J connectivity index is 1.61. The summed E-state index contributed by atoms with van der Waals surface area (Å²) < 4.78 is 48.1. The molecule has 3 aromatic rings. The first-order chi connectivity index (χ1) is 18.0. The minimum Gasteiger partial charge on any atom is -0.459 e. The predicted octanol–water partition coefficient (Wildman–Crippen LogP) is 4.11. The van der Waals surface area contributed by atoms with Gasteiger partial charge in [0.05, 0.1) is 11.1 Å². The van der Waals surface area contributed by atoms with E-state index in [1.54, 1.807) is 36.4 Å². The van der Waals surface area contributed by atoms with Gasteiger partial charge in [-0.2, -0.15) is 13.8 Å². The van der Waals surface area contributed by atoms with Crippen LogP contribution in [0.5, 0.6) is 0 Å². The number of ether oxygens (including phenoxy) is 3. The van der Waals surface area contributed by atoms with E-state index < -0.39 is 56.8 Å². The molecule has 1 saturated heterocycles. The third-order valence-corrected chi connectivity index (χ3v) is 6.57. The molecule has 4 rings (SSSR count). The van der Waals surface area contributed by atoms with Crippen LogP contribution in [0, 0.1) is 0 Å². The van der Waals surface area contributed by atoms with Crippen LogP contribution < -0.4 is 10.7 Å². The molecule has 1 aliphatic rings. The lowest BCUT2D eigenvalue weighted by atomic mass is 10.1. The minimum atomic E-state index is -3.87. The van der Waals surface area contributed by atoms with Gasteiger partial charge in [-0.05, 0) is 30.3 Å². The highest BCUT2D eigenvalue weighted by Gasteiger charge is 2.63. The van der Waals surface area contributed by atoms with Crippen molar-refractivity contribution in [2.75, 3.05) is 11.6 Å². The number of nitrogens with zero attached hydrogens (tertiary/aromatic N) is 2. The van der Waals surface area contributed by atoms with Crippen molar-refractivity contribution < 1.29 is 32.6 Å². The number of hydrogen-bond donors (Lipinski definition) is 1. The van der Waals surface area contributed by atoms with Crippen molar-refractivity contribution in [2.24, 2.45) is 0 Å². The zero-order valence-electron chi connectivity index (χ0n) is 21.0. The average Bonchev–Trinajstić information content (AvgIpc) is 3.12. The molecule has 0 amide bonds. The monoisotopic (exact) mass is 543 g/mol. The van der Waals surface area contributed by atoms with Crippen LogP contribution >= 0.6 is 0 Å². The maximum atomic E-state index is 15.7. The number of alkyl halides is 2. The first-order valence-electron chi connectivity index (χ1n) is 11.8. The Hall–Kier alpha value is -3.90. The van der Waals surface area contributed by atoms with Crippen LogP contribution in [0.2, 0.25) is 19.6 Å². The Kier molecular flexibility index (Phi) is 7.74. The van der Waals surface area contributed by atoms with Gasteiger partial charge >= 0.3 is 23.6 Å². The van der Waals surface area contributed by atoms with Crippen molar-refractivity contribution in [1.29, 1.82) is 0 Å². The van der Waals surface area contributed by atoms with Crippen LogP contribution in [0.4, 0.5) is 14.6 Å². The molecule has 3 atom stereocenters. The summed E-state index contributed by atoms with van der Waals surface area (Å²) in [6, 6.07) is 17.0. The van der Waals surface area contributed by atoms with E-state index in [-0.39, 0.29) is 16.9 Å². The van der Waals surface area contributed by atoms with E-state index in [0.29, 0.717) is 4.57 Å². The van der Waals surface area contributed by atoms with E-state index in [0.717, 1.165) is 6.20 Å². The van der Waals surface area contributed by atoms with Crippen LogP contribution in [0.1, 0.15) is 26.9 Å². The summed E-state index contributed by atoms with van der Waals surface area (Å²) in [5.41, 5.74) is -0.724. The van der Waals surface area contributed by atoms with Crippen LogP contribution in [0.3, 0.4) is 0 Å². The summed E-state index contributed by atoms with van der Waals surface area (Å²) >= 11 is 0. The van der Waals surface area contributed by atoms with Crippen LogP contribution in [0.15, 0.2) is 77.7 Å². The van der Waals surface area contributed by atoms with Crippen LogP contribution in [0.25, 0.3) is 0 Å². The Bertz CT molecular complexity index is 1350. The van der Waals surface area contributed by atoms with Gasteiger partial charge in [0, 0.05) is 6.20 Å². The highest BCUT2D eigenvalue weighted by atomic mass is 28.3. The van der Waals surface area contributed by atoms with Gasteiger partial charge in [-0.1, -0.05) is 56.0 Å². The zero-order chi connectivity index (χ0) is 27.5. The number of carbonyl (C=O) groups is 2. The molecule has 200 valence electrons. The maximum absolute atomic E-state index is 15.7. The molecule has 1 aromatic heterocycles. The molecule has 1 N–H and O–H groups in total. The molecule has 0 spiro atoms. The quantitative estimate of drug-likeness (QED) is 0.334. The summed E-state index contributed by atoms with van der Waals surface area (Å²) in [7, 11) is -1.87. The van der Waals surface area contributed by atoms with Gasteiger partial charge in [-0.15, -0.1) is 0 Å². The molecule has 2 heterocycles. The largest absolute Gasteiger partial charge is 0.459 e. The smallest absolute Gasteiger partial charge is 0.351 e. The average molecular weight is 544 g/mol. The lowest BCUT2D eigenvalue weighted by Gasteiger charge is -2.24. The molecule has 0 bridgehead atoms. The van der Waals surface area contributed by atoms with Crippen LogP contribution in [-0.4, -0.2) is 54.5 Å². The second-order valence-electron chi connectivity index (χ2n) is 9.74. The summed E-state index contributed by atoms with van der Waals surface area (Å²) in [6.07, 6.45) is -4.74. The van der Waals surface area contributed by atoms with Crippen molar-refractivity contribution in [2.45, 2.75) is 44.0 Å². The van der Waals surface area contributed by atoms with E-state index in [1.807, 2.05) is 19.6 Å².